The van der Waals surface area contributed by atoms with Crippen molar-refractivity contribution in [3.63, 3.8) is 0 Å². The van der Waals surface area contributed by atoms with E-state index in [0.717, 1.165) is 36.2 Å². The van der Waals surface area contributed by atoms with Crippen LogP contribution in [0, 0.1) is 0 Å². The van der Waals surface area contributed by atoms with Crippen LogP contribution in [0.25, 0.3) is 5.69 Å². The number of nitrogens with zero attached hydrogens (tertiary/aromatic N) is 2. The minimum atomic E-state index is -0.461. The van der Waals surface area contributed by atoms with Gasteiger partial charge in [0, 0.05) is 13.1 Å². The quantitative estimate of drug-likeness (QED) is 0.676. The van der Waals surface area contributed by atoms with Gasteiger partial charge in [-0.25, -0.2) is 4.68 Å². The van der Waals surface area contributed by atoms with Gasteiger partial charge in [0.25, 0.3) is 5.56 Å². The van der Waals surface area contributed by atoms with E-state index in [0.29, 0.717) is 6.54 Å². The Hall–Kier alpha value is -3.08. The van der Waals surface area contributed by atoms with E-state index in [1.54, 1.807) is 10.7 Å². The van der Waals surface area contributed by atoms with Gasteiger partial charge in [0.2, 0.25) is 5.91 Å². The lowest BCUT2D eigenvalue weighted by Gasteiger charge is -2.41. The smallest absolute Gasteiger partial charge is 0.271 e. The Balaban J connectivity index is 1.53. The van der Waals surface area contributed by atoms with E-state index in [2.05, 4.69) is 50.4 Å². The van der Waals surface area contributed by atoms with Crippen LogP contribution in [0.15, 0.2) is 65.5 Å². The molecule has 1 aliphatic carbocycles. The number of carbonyl (C=O) groups is 1. The number of benzene rings is 2. The Morgan fingerprint density at radius 1 is 1.03 bits per heavy atom. The molecule has 0 spiro atoms. The van der Waals surface area contributed by atoms with Gasteiger partial charge in [-0.15, -0.1) is 0 Å². The van der Waals surface area contributed by atoms with Crippen molar-refractivity contribution in [1.82, 2.24) is 14.7 Å². The lowest BCUT2D eigenvalue weighted by atomic mass is 9.63. The summed E-state index contributed by atoms with van der Waals surface area (Å²) in [7, 11) is 1.85. The second-order valence-electron chi connectivity index (χ2n) is 9.59. The van der Waals surface area contributed by atoms with Gasteiger partial charge in [0.1, 0.15) is 0 Å². The molecule has 0 unspecified atom stereocenters. The third-order valence-corrected chi connectivity index (χ3v) is 6.59. The van der Waals surface area contributed by atoms with Crippen molar-refractivity contribution < 1.29 is 4.79 Å². The third kappa shape index (κ3) is 3.85. The lowest BCUT2D eigenvalue weighted by molar-refractivity contribution is -0.130. The number of aromatic nitrogens is 2. The second-order valence-corrected chi connectivity index (χ2v) is 9.59. The largest absolute Gasteiger partial charge is 0.350 e. The molecule has 0 aliphatic heterocycles. The first-order chi connectivity index (χ1) is 14.7. The Morgan fingerprint density at radius 3 is 2.23 bits per heavy atom. The average Bonchev–Trinajstić information content (AvgIpc) is 2.99. The zero-order chi connectivity index (χ0) is 22.2. The number of hydrogen-bond acceptors (Lipinski definition) is 2. The van der Waals surface area contributed by atoms with E-state index in [1.165, 1.54) is 5.56 Å². The lowest BCUT2D eigenvalue weighted by Crippen LogP contribution is -2.49. The zero-order valence-corrected chi connectivity index (χ0v) is 18.8. The molecule has 1 N–H and O–H groups in total. The number of para-hydroxylation sites is 1. The van der Waals surface area contributed by atoms with Crippen LogP contribution in [0.2, 0.25) is 0 Å². The van der Waals surface area contributed by atoms with Crippen molar-refractivity contribution in [2.45, 2.75) is 57.4 Å². The maximum Gasteiger partial charge on any atom is 0.271 e. The van der Waals surface area contributed by atoms with Crippen LogP contribution >= 0.6 is 0 Å². The van der Waals surface area contributed by atoms with Crippen LogP contribution < -0.4 is 10.9 Å². The predicted octanol–water partition coefficient (Wildman–Crippen LogP) is 4.21. The highest BCUT2D eigenvalue weighted by Gasteiger charge is 2.45. The number of carbonyl (C=O) groups excluding carboxylic acids is 1. The molecular weight excluding hydrogens is 386 g/mol. The van der Waals surface area contributed by atoms with Gasteiger partial charge >= 0.3 is 0 Å². The van der Waals surface area contributed by atoms with Gasteiger partial charge in [0.05, 0.1) is 23.3 Å². The summed E-state index contributed by atoms with van der Waals surface area (Å²) in [4.78, 5) is 25.8. The maximum atomic E-state index is 13.3. The van der Waals surface area contributed by atoms with Gasteiger partial charge in [-0.1, -0.05) is 69.7 Å². The first-order valence-corrected chi connectivity index (χ1v) is 10.9. The number of hydrogen-bond donors (Lipinski definition) is 1. The van der Waals surface area contributed by atoms with E-state index < -0.39 is 5.41 Å². The Morgan fingerprint density at radius 2 is 1.68 bits per heavy atom. The highest BCUT2D eigenvalue weighted by molar-refractivity contribution is 5.89. The van der Waals surface area contributed by atoms with Crippen LogP contribution in [-0.4, -0.2) is 15.3 Å². The monoisotopic (exact) mass is 417 g/mol. The standard InChI is InChI=1S/C26H31N3O2/c1-25(2,3)19-11-13-20(14-12-19)26(15-8-16-26)24(31)27-18-22-17-23(30)29(28(22)4)21-9-6-5-7-10-21/h5-7,9-14,17H,8,15-16,18H2,1-4H3,(H,27,31). The van der Waals surface area contributed by atoms with Crippen LogP contribution in [0.4, 0.5) is 0 Å². The van der Waals surface area contributed by atoms with Crippen LogP contribution in [-0.2, 0) is 29.2 Å². The van der Waals surface area contributed by atoms with Crippen molar-refractivity contribution in [2.24, 2.45) is 7.05 Å². The number of amides is 1. The summed E-state index contributed by atoms with van der Waals surface area (Å²) in [6.07, 6.45) is 2.77. The molecule has 3 aromatic rings. The summed E-state index contributed by atoms with van der Waals surface area (Å²) in [6.45, 7) is 6.91. The fourth-order valence-electron chi connectivity index (χ4n) is 4.41. The van der Waals surface area contributed by atoms with Crippen LogP contribution in [0.3, 0.4) is 0 Å². The molecule has 1 aliphatic rings. The van der Waals surface area contributed by atoms with E-state index >= 15 is 0 Å². The van der Waals surface area contributed by atoms with Gasteiger partial charge < -0.3 is 5.32 Å². The first kappa shape index (κ1) is 21.2. The SMILES string of the molecule is Cn1c(CNC(=O)C2(c3ccc(C(C)(C)C)cc3)CCC2)cc(=O)n1-c1ccccc1. The van der Waals surface area contributed by atoms with E-state index in [9.17, 15) is 9.59 Å². The van der Waals surface area contributed by atoms with Crippen molar-refractivity contribution in [1.29, 1.82) is 0 Å². The summed E-state index contributed by atoms with van der Waals surface area (Å²) >= 11 is 0. The van der Waals surface area contributed by atoms with E-state index in [4.69, 9.17) is 0 Å². The molecule has 5 heteroatoms. The topological polar surface area (TPSA) is 56.0 Å². The molecule has 1 heterocycles. The fourth-order valence-corrected chi connectivity index (χ4v) is 4.41. The molecule has 0 bridgehead atoms. The predicted molar refractivity (Wildman–Crippen MR) is 124 cm³/mol. The van der Waals surface area contributed by atoms with Crippen molar-refractivity contribution in [2.75, 3.05) is 0 Å². The highest BCUT2D eigenvalue weighted by Crippen LogP contribution is 2.44. The Bertz CT molecular complexity index is 1130. The van der Waals surface area contributed by atoms with E-state index in [-0.39, 0.29) is 16.9 Å². The second kappa shape index (κ2) is 7.88. The summed E-state index contributed by atoms with van der Waals surface area (Å²) in [6, 6.07) is 19.6. The van der Waals surface area contributed by atoms with Crippen molar-refractivity contribution >= 4 is 5.91 Å². The van der Waals surface area contributed by atoms with Gasteiger partial charge in [-0.05, 0) is 41.5 Å². The third-order valence-electron chi connectivity index (χ3n) is 6.59. The van der Waals surface area contributed by atoms with Crippen LogP contribution in [0.5, 0.6) is 0 Å². The Labute approximate surface area is 183 Å². The first-order valence-electron chi connectivity index (χ1n) is 10.9. The van der Waals surface area contributed by atoms with Crippen molar-refractivity contribution in [3.8, 4) is 5.69 Å². The molecule has 4 rings (SSSR count). The highest BCUT2D eigenvalue weighted by atomic mass is 16.2. The molecule has 1 saturated carbocycles. The maximum absolute atomic E-state index is 13.3. The molecular formula is C26H31N3O2. The molecule has 31 heavy (non-hydrogen) atoms. The average molecular weight is 418 g/mol. The summed E-state index contributed by atoms with van der Waals surface area (Å²) in [5.41, 5.74) is 3.46. The molecule has 0 radical (unpaired) electrons. The molecule has 0 saturated heterocycles. The number of rotatable bonds is 5. The normalized spacial score (nSPS) is 15.4. The minimum absolute atomic E-state index is 0.0437. The molecule has 0 atom stereocenters. The zero-order valence-electron chi connectivity index (χ0n) is 18.8. The van der Waals surface area contributed by atoms with Crippen molar-refractivity contribution in [3.05, 3.63) is 87.8 Å². The molecule has 1 fully saturated rings. The summed E-state index contributed by atoms with van der Waals surface area (Å²) in [5, 5.41) is 3.11. The van der Waals surface area contributed by atoms with Gasteiger partial charge in [-0.3, -0.25) is 14.3 Å². The minimum Gasteiger partial charge on any atom is -0.350 e. The Kier molecular flexibility index (Phi) is 5.38. The van der Waals surface area contributed by atoms with E-state index in [1.807, 2.05) is 42.1 Å². The van der Waals surface area contributed by atoms with Crippen LogP contribution in [0.1, 0.15) is 56.9 Å². The molecule has 1 amide bonds. The molecule has 2 aromatic carbocycles. The van der Waals surface area contributed by atoms with Gasteiger partial charge in [-0.2, -0.15) is 0 Å². The molecule has 162 valence electrons. The molecule has 5 nitrogen and oxygen atoms in total. The summed E-state index contributed by atoms with van der Waals surface area (Å²) in [5.74, 6) is 0.0437. The number of nitrogens with one attached hydrogen (secondary N) is 1. The molecule has 1 aromatic heterocycles. The van der Waals surface area contributed by atoms with Gasteiger partial charge in [0.15, 0.2) is 0 Å². The fraction of sp³-hybridized carbons (Fsp3) is 0.385. The summed E-state index contributed by atoms with van der Waals surface area (Å²) < 4.78 is 3.43.